The molecule has 22 heavy (non-hydrogen) atoms. The number of benzene rings is 1. The second-order valence-electron chi connectivity index (χ2n) is 4.99. The Morgan fingerprint density at radius 1 is 1.41 bits per heavy atom. The average molecular weight is 320 g/mol. The van der Waals surface area contributed by atoms with E-state index in [-0.39, 0.29) is 0 Å². The number of rotatable bonds is 6. The van der Waals surface area contributed by atoms with Crippen LogP contribution in [0.15, 0.2) is 47.7 Å². The Kier molecular flexibility index (Phi) is 6.27. The molecule has 118 valence electrons. The van der Waals surface area contributed by atoms with E-state index in [1.54, 1.807) is 6.20 Å². The summed E-state index contributed by atoms with van der Waals surface area (Å²) in [7, 11) is 2.02. The minimum absolute atomic E-state index is 0.684. The molecule has 0 fully saturated rings. The van der Waals surface area contributed by atoms with Gasteiger partial charge in [-0.25, -0.2) is 0 Å². The van der Waals surface area contributed by atoms with Crippen molar-refractivity contribution in [3.05, 3.63) is 53.3 Å². The Morgan fingerprint density at radius 3 is 2.95 bits per heavy atom. The van der Waals surface area contributed by atoms with E-state index >= 15 is 0 Å². The molecule has 2 aromatic rings. The van der Waals surface area contributed by atoms with E-state index in [0.29, 0.717) is 6.54 Å². The summed E-state index contributed by atoms with van der Waals surface area (Å²) in [4.78, 5) is 6.74. The smallest absolute Gasteiger partial charge is 0.194 e. The third-order valence-corrected chi connectivity index (χ3v) is 3.39. The first-order chi connectivity index (χ1) is 10.7. The van der Waals surface area contributed by atoms with Gasteiger partial charge in [0.1, 0.15) is 0 Å². The maximum atomic E-state index is 6.04. The van der Waals surface area contributed by atoms with Gasteiger partial charge >= 0.3 is 0 Å². The number of aromatic nitrogens is 2. The lowest BCUT2D eigenvalue weighted by Crippen LogP contribution is -2.38. The van der Waals surface area contributed by atoms with E-state index in [4.69, 9.17) is 11.6 Å². The highest BCUT2D eigenvalue weighted by Crippen LogP contribution is 2.12. The molecule has 0 aliphatic rings. The van der Waals surface area contributed by atoms with Crippen molar-refractivity contribution >= 4 is 17.6 Å². The summed E-state index contributed by atoms with van der Waals surface area (Å²) in [5, 5.41) is 8.25. The number of halogens is 1. The van der Waals surface area contributed by atoms with Gasteiger partial charge in [0, 0.05) is 37.6 Å². The lowest BCUT2D eigenvalue weighted by molar-refractivity contribution is 0.475. The minimum Gasteiger partial charge on any atom is -0.357 e. The molecule has 0 atom stereocenters. The highest BCUT2D eigenvalue weighted by molar-refractivity contribution is 6.30. The van der Waals surface area contributed by atoms with E-state index in [9.17, 15) is 0 Å². The maximum Gasteiger partial charge on any atom is 0.194 e. The molecule has 0 bridgehead atoms. The summed E-state index contributed by atoms with van der Waals surface area (Å²) >= 11 is 6.04. The van der Waals surface area contributed by atoms with Gasteiger partial charge < -0.3 is 10.2 Å². The van der Waals surface area contributed by atoms with Crippen LogP contribution in [0.5, 0.6) is 0 Å². The Balaban J connectivity index is 1.96. The van der Waals surface area contributed by atoms with Gasteiger partial charge in [0.2, 0.25) is 0 Å². The largest absolute Gasteiger partial charge is 0.357 e. The molecule has 0 spiro atoms. The Hall–Kier alpha value is -2.01. The van der Waals surface area contributed by atoms with Crippen molar-refractivity contribution in [2.24, 2.45) is 4.99 Å². The van der Waals surface area contributed by atoms with Crippen LogP contribution in [0.25, 0.3) is 0 Å². The fourth-order valence-electron chi connectivity index (χ4n) is 2.14. The van der Waals surface area contributed by atoms with Gasteiger partial charge in [-0.2, -0.15) is 5.10 Å². The molecule has 0 radical (unpaired) electrons. The first-order valence-corrected chi connectivity index (χ1v) is 7.78. The summed E-state index contributed by atoms with van der Waals surface area (Å²) in [6.07, 6.45) is 3.72. The minimum atomic E-state index is 0.684. The summed E-state index contributed by atoms with van der Waals surface area (Å²) in [5.41, 5.74) is 1.16. The van der Waals surface area contributed by atoms with Gasteiger partial charge in [-0.05, 0) is 30.7 Å². The van der Waals surface area contributed by atoms with E-state index < -0.39 is 0 Å². The van der Waals surface area contributed by atoms with Crippen molar-refractivity contribution in [3.8, 4) is 0 Å². The second kappa shape index (κ2) is 8.44. The van der Waals surface area contributed by atoms with Crippen LogP contribution < -0.4 is 5.32 Å². The van der Waals surface area contributed by atoms with Crippen molar-refractivity contribution in [3.63, 3.8) is 0 Å². The summed E-state index contributed by atoms with van der Waals surface area (Å²) in [5.74, 6) is 0.884. The van der Waals surface area contributed by atoms with E-state index in [1.165, 1.54) is 0 Å². The molecule has 6 heteroatoms. The fourth-order valence-corrected chi connectivity index (χ4v) is 2.36. The van der Waals surface area contributed by atoms with E-state index in [1.807, 2.05) is 42.2 Å². The predicted molar refractivity (Wildman–Crippen MR) is 91.1 cm³/mol. The zero-order valence-corrected chi connectivity index (χ0v) is 13.8. The molecule has 2 rings (SSSR count). The number of nitrogens with one attached hydrogen (secondary N) is 1. The molecular formula is C16H22ClN5. The third-order valence-electron chi connectivity index (χ3n) is 3.16. The van der Waals surface area contributed by atoms with Crippen molar-refractivity contribution in [2.75, 3.05) is 20.1 Å². The van der Waals surface area contributed by atoms with Crippen LogP contribution in [0, 0.1) is 0 Å². The summed E-state index contributed by atoms with van der Waals surface area (Å²) in [6.45, 7) is 5.11. The molecule has 0 aliphatic heterocycles. The van der Waals surface area contributed by atoms with Crippen LogP contribution in [0.4, 0.5) is 0 Å². The number of guanidine groups is 1. The van der Waals surface area contributed by atoms with Crippen LogP contribution in [0.2, 0.25) is 5.02 Å². The van der Waals surface area contributed by atoms with E-state index in [0.717, 1.165) is 36.2 Å². The van der Waals surface area contributed by atoms with Gasteiger partial charge in [-0.15, -0.1) is 0 Å². The van der Waals surface area contributed by atoms with Gasteiger partial charge in [-0.1, -0.05) is 23.7 Å². The standard InChI is InChI=1S/C16H22ClN5/c1-3-18-16(19-9-11-22-10-5-8-20-22)21(2)13-14-6-4-7-15(17)12-14/h4-8,10,12H,3,9,11,13H2,1-2H3,(H,18,19). The number of nitrogens with zero attached hydrogens (tertiary/aromatic N) is 4. The molecule has 0 saturated carbocycles. The van der Waals surface area contributed by atoms with E-state index in [2.05, 4.69) is 33.3 Å². The van der Waals surface area contributed by atoms with Crippen molar-refractivity contribution in [2.45, 2.75) is 20.0 Å². The number of hydrogen-bond acceptors (Lipinski definition) is 2. The molecular weight excluding hydrogens is 298 g/mol. The first kappa shape index (κ1) is 16.4. The Bertz CT molecular complexity index is 594. The lowest BCUT2D eigenvalue weighted by atomic mass is 10.2. The Morgan fingerprint density at radius 2 is 2.27 bits per heavy atom. The molecule has 0 saturated heterocycles. The number of hydrogen-bond donors (Lipinski definition) is 1. The van der Waals surface area contributed by atoms with Crippen LogP contribution in [-0.4, -0.2) is 40.8 Å². The molecule has 1 heterocycles. The fraction of sp³-hybridized carbons (Fsp3) is 0.375. The van der Waals surface area contributed by atoms with Crippen LogP contribution in [0.3, 0.4) is 0 Å². The monoisotopic (exact) mass is 319 g/mol. The lowest BCUT2D eigenvalue weighted by Gasteiger charge is -2.22. The molecule has 0 unspecified atom stereocenters. The number of aliphatic imine (C=N–C) groups is 1. The average Bonchev–Trinajstić information content (AvgIpc) is 2.99. The van der Waals surface area contributed by atoms with Gasteiger partial charge in [0.05, 0.1) is 13.1 Å². The zero-order chi connectivity index (χ0) is 15.8. The van der Waals surface area contributed by atoms with Crippen molar-refractivity contribution in [1.82, 2.24) is 20.0 Å². The molecule has 0 amide bonds. The van der Waals surface area contributed by atoms with Crippen LogP contribution in [0.1, 0.15) is 12.5 Å². The van der Waals surface area contributed by atoms with Gasteiger partial charge in [0.15, 0.2) is 5.96 Å². The molecule has 1 aromatic carbocycles. The highest BCUT2D eigenvalue weighted by atomic mass is 35.5. The molecule has 0 aliphatic carbocycles. The highest BCUT2D eigenvalue weighted by Gasteiger charge is 2.06. The Labute approximate surface area is 136 Å². The summed E-state index contributed by atoms with van der Waals surface area (Å²) < 4.78 is 1.88. The van der Waals surface area contributed by atoms with Gasteiger partial charge in [0.25, 0.3) is 0 Å². The van der Waals surface area contributed by atoms with Crippen molar-refractivity contribution < 1.29 is 0 Å². The topological polar surface area (TPSA) is 45.5 Å². The molecule has 1 aromatic heterocycles. The predicted octanol–water partition coefficient (Wildman–Crippen LogP) is 2.63. The molecule has 1 N–H and O–H groups in total. The third kappa shape index (κ3) is 5.07. The van der Waals surface area contributed by atoms with Gasteiger partial charge in [-0.3, -0.25) is 9.67 Å². The molecule has 5 nitrogen and oxygen atoms in total. The second-order valence-corrected chi connectivity index (χ2v) is 5.43. The zero-order valence-electron chi connectivity index (χ0n) is 13.0. The maximum absolute atomic E-state index is 6.04. The van der Waals surface area contributed by atoms with Crippen molar-refractivity contribution in [1.29, 1.82) is 0 Å². The quantitative estimate of drug-likeness (QED) is 0.657. The first-order valence-electron chi connectivity index (χ1n) is 7.40. The SMILES string of the molecule is CCNC(=NCCn1cccn1)N(C)Cc1cccc(Cl)c1. The van der Waals surface area contributed by atoms with Crippen LogP contribution in [-0.2, 0) is 13.1 Å². The summed E-state index contributed by atoms with van der Waals surface area (Å²) in [6, 6.07) is 9.81. The normalized spacial score (nSPS) is 11.5. The van der Waals surface area contributed by atoms with Crippen LogP contribution >= 0.6 is 11.6 Å².